The molecule has 2 unspecified atom stereocenters. The van der Waals surface area contributed by atoms with Crippen molar-refractivity contribution in [3.8, 4) is 0 Å². The van der Waals surface area contributed by atoms with Crippen LogP contribution in [0.1, 0.15) is 284 Å². The van der Waals surface area contributed by atoms with Crippen molar-refractivity contribution in [1.82, 2.24) is 0 Å². The van der Waals surface area contributed by atoms with Gasteiger partial charge >= 0.3 is 23.1 Å². The third-order valence-electron chi connectivity index (χ3n) is 11.2. The summed E-state index contributed by atoms with van der Waals surface area (Å²) in [6, 6.07) is 0. The molecule has 55 heavy (non-hydrogen) atoms. The molecule has 2 N–H and O–H groups in total. The van der Waals surface area contributed by atoms with Crippen LogP contribution in [0.15, 0.2) is 0 Å². The number of carbonyl (C=O) groups excluding carboxylic acids is 2. The maximum atomic E-state index is 10.4. The fraction of sp³-hybridized carbons (Fsp3) is 0.958. The smallest absolute Gasteiger partial charge is 0.547 e. The van der Waals surface area contributed by atoms with Gasteiger partial charge in [-0.15, -0.1) is 0 Å². The topological polar surface area (TPSA) is 121 Å². The Hall–Kier alpha value is -0.374. The van der Waals surface area contributed by atoms with E-state index in [2.05, 4.69) is 13.8 Å². The Bertz CT molecular complexity index is 675. The van der Waals surface area contributed by atoms with E-state index in [9.17, 15) is 19.8 Å². The maximum absolute atomic E-state index is 10.4. The zero-order valence-corrected chi connectivity index (χ0v) is 38.5. The summed E-state index contributed by atoms with van der Waals surface area (Å²) >= 11 is 0. The van der Waals surface area contributed by atoms with E-state index in [0.29, 0.717) is 12.8 Å². The van der Waals surface area contributed by atoms with Crippen molar-refractivity contribution in [3.05, 3.63) is 0 Å². The summed E-state index contributed by atoms with van der Waals surface area (Å²) in [7, 11) is 0. The van der Waals surface area contributed by atoms with Crippen LogP contribution in [0.25, 0.3) is 0 Å². The largest absolute Gasteiger partial charge is 2.00 e. The Labute approximate surface area is 359 Å². The molecule has 0 saturated heterocycles. The van der Waals surface area contributed by atoms with Gasteiger partial charge in [0.05, 0.1) is 24.1 Å². The van der Waals surface area contributed by atoms with Crippen molar-refractivity contribution < 1.29 is 30.0 Å². The van der Waals surface area contributed by atoms with Crippen LogP contribution in [0, 0.1) is 0 Å². The second-order valence-corrected chi connectivity index (χ2v) is 16.7. The molecule has 0 aromatic heterocycles. The predicted molar refractivity (Wildman–Crippen MR) is 233 cm³/mol. The van der Waals surface area contributed by atoms with Crippen LogP contribution in [0.3, 0.4) is 0 Å². The van der Waals surface area contributed by atoms with Gasteiger partial charge in [-0.05, 0) is 12.8 Å². The number of carbonyl (C=O) groups is 2. The van der Waals surface area contributed by atoms with Crippen LogP contribution in [-0.4, -0.2) is 57.4 Å². The summed E-state index contributed by atoms with van der Waals surface area (Å²) in [5.74, 6) is -2.68. The zero-order valence-electron chi connectivity index (χ0n) is 37.1. The molecule has 0 aromatic rings. The summed E-state index contributed by atoms with van der Waals surface area (Å²) in [6.07, 6.45) is 51.4. The monoisotopic (exact) mass is 791 g/mol. The third-order valence-corrected chi connectivity index (χ3v) is 11.2. The molecule has 0 saturated carbocycles. The van der Waals surface area contributed by atoms with E-state index in [0.717, 1.165) is 38.5 Å². The third kappa shape index (κ3) is 53.6. The summed E-state index contributed by atoms with van der Waals surface area (Å²) in [5, 5.41) is 39.0. The number of hydrogen-bond donors (Lipinski definition) is 2. The molecule has 6 nitrogen and oxygen atoms in total. The number of unbranched alkanes of at least 4 members (excludes halogenated alkanes) is 38. The van der Waals surface area contributed by atoms with Gasteiger partial charge in [0, 0.05) is 0 Å². The Morgan fingerprint density at radius 3 is 0.564 bits per heavy atom. The fourth-order valence-corrected chi connectivity index (χ4v) is 7.42. The maximum Gasteiger partial charge on any atom is 2.00 e. The van der Waals surface area contributed by atoms with Gasteiger partial charge in [0.15, 0.2) is 0 Å². The molecule has 0 aliphatic heterocycles. The number of hydrogen-bond acceptors (Lipinski definition) is 6. The molecule has 0 aliphatic rings. The van der Waals surface area contributed by atoms with Crippen LogP contribution >= 0.6 is 0 Å². The van der Waals surface area contributed by atoms with E-state index < -0.39 is 24.1 Å². The van der Waals surface area contributed by atoms with Crippen molar-refractivity contribution >= 4 is 35.0 Å². The molecule has 0 aromatic carbocycles. The molecule has 0 radical (unpaired) electrons. The molecule has 0 fully saturated rings. The first kappa shape index (κ1) is 58.9. The first-order valence-corrected chi connectivity index (χ1v) is 24.1. The number of carboxylic acids is 2. The first-order valence-electron chi connectivity index (χ1n) is 24.1. The van der Waals surface area contributed by atoms with Crippen molar-refractivity contribution in [3.63, 3.8) is 0 Å². The molecule has 0 bridgehead atoms. The van der Waals surface area contributed by atoms with Gasteiger partial charge in [0.25, 0.3) is 0 Å². The van der Waals surface area contributed by atoms with Crippen LogP contribution in [0.2, 0.25) is 0 Å². The standard InChI is InChI=1S/2C24H48O3.Mg/c2*1-2-3-4-5-6-7-8-9-10-11-12-13-14-15-16-17-18-19-20-21-22-23(25)24(26)27;/h2*23,25H,2-22H2,1H3,(H,26,27);/q;;+2/p-2. The van der Waals surface area contributed by atoms with E-state index in [1.807, 2.05) is 0 Å². The Morgan fingerprint density at radius 1 is 0.309 bits per heavy atom. The average molecular weight is 792 g/mol. The van der Waals surface area contributed by atoms with Crippen LogP contribution in [0.4, 0.5) is 0 Å². The second-order valence-electron chi connectivity index (χ2n) is 16.7. The molecule has 324 valence electrons. The molecule has 0 amide bonds. The molecule has 7 heteroatoms. The number of aliphatic hydroxyl groups excluding tert-OH is 2. The Morgan fingerprint density at radius 2 is 0.436 bits per heavy atom. The minimum Gasteiger partial charge on any atom is -0.547 e. The van der Waals surface area contributed by atoms with E-state index in [4.69, 9.17) is 10.2 Å². The van der Waals surface area contributed by atoms with Gasteiger partial charge in [-0.2, -0.15) is 0 Å². The van der Waals surface area contributed by atoms with Gasteiger partial charge in [0.1, 0.15) is 0 Å². The van der Waals surface area contributed by atoms with Crippen LogP contribution < -0.4 is 10.2 Å². The van der Waals surface area contributed by atoms with Crippen molar-refractivity contribution in [1.29, 1.82) is 0 Å². The van der Waals surface area contributed by atoms with E-state index >= 15 is 0 Å². The van der Waals surface area contributed by atoms with Crippen LogP contribution in [0.5, 0.6) is 0 Å². The van der Waals surface area contributed by atoms with Gasteiger partial charge in [-0.25, -0.2) is 0 Å². The molecular formula is C48H94MgO6. The summed E-state index contributed by atoms with van der Waals surface area (Å²) in [4.78, 5) is 20.7. The van der Waals surface area contributed by atoms with E-state index in [-0.39, 0.29) is 23.1 Å². The first-order chi connectivity index (χ1) is 26.4. The van der Waals surface area contributed by atoms with E-state index in [1.165, 1.54) is 218 Å². The minimum atomic E-state index is -1.34. The molecule has 0 spiro atoms. The van der Waals surface area contributed by atoms with Gasteiger partial charge in [-0.3, -0.25) is 0 Å². The second kappa shape index (κ2) is 51.6. The number of rotatable bonds is 44. The summed E-state index contributed by atoms with van der Waals surface area (Å²) in [5.41, 5.74) is 0. The molecule has 0 rings (SSSR count). The van der Waals surface area contributed by atoms with Crippen molar-refractivity contribution in [2.24, 2.45) is 0 Å². The minimum absolute atomic E-state index is 0. The summed E-state index contributed by atoms with van der Waals surface area (Å²) in [6.45, 7) is 4.56. The predicted octanol–water partition coefficient (Wildman–Crippen LogP) is 12.2. The molecule has 0 heterocycles. The number of aliphatic hydroxyl groups is 2. The van der Waals surface area contributed by atoms with E-state index in [1.54, 1.807) is 0 Å². The summed E-state index contributed by atoms with van der Waals surface area (Å²) < 4.78 is 0. The Kier molecular flexibility index (Phi) is 55.3. The zero-order chi connectivity index (χ0) is 40.0. The van der Waals surface area contributed by atoms with Gasteiger partial charge in [-0.1, -0.05) is 271 Å². The van der Waals surface area contributed by atoms with Crippen molar-refractivity contribution in [2.75, 3.05) is 0 Å². The Balaban J connectivity index is -0.000000966. The number of aliphatic carboxylic acids is 2. The number of carboxylic acid groups (broad SMARTS) is 2. The normalized spacial score (nSPS) is 12.1. The van der Waals surface area contributed by atoms with Gasteiger partial charge in [0.2, 0.25) is 0 Å². The average Bonchev–Trinajstić information content (AvgIpc) is 3.16. The van der Waals surface area contributed by atoms with Gasteiger partial charge < -0.3 is 30.0 Å². The van der Waals surface area contributed by atoms with Crippen molar-refractivity contribution in [2.45, 2.75) is 296 Å². The molecule has 0 aliphatic carbocycles. The quantitative estimate of drug-likeness (QED) is 0.0468. The fourth-order valence-electron chi connectivity index (χ4n) is 7.42. The SMILES string of the molecule is CCCCCCCCCCCCCCCCCCCCCCC(O)C(=O)[O-].CCCCCCCCCCCCCCCCCCCCCCC(O)C(=O)[O-].[Mg+2]. The molecule has 2 atom stereocenters. The van der Waals surface area contributed by atoms with Crippen LogP contribution in [-0.2, 0) is 9.59 Å². The molecular weight excluding hydrogens is 697 g/mol.